The van der Waals surface area contributed by atoms with Crippen LogP contribution in [-0.2, 0) is 34.1 Å². The van der Waals surface area contributed by atoms with Crippen LogP contribution in [0.1, 0.15) is 12.6 Å². The minimum Gasteiger partial charge on any atom is -0.481 e. The summed E-state index contributed by atoms with van der Waals surface area (Å²) in [7, 11) is -3.67. The number of carboxylic acids is 1. The maximum absolute atomic E-state index is 12.7. The first kappa shape index (κ1) is 27.2. The lowest BCUT2D eigenvalue weighted by atomic mass is 9.87. The molecule has 2 unspecified atom stereocenters. The standard InChI is InChI=1S/C16H17N5O6S2.CH4O3S/c1-3-16(14(25)26)5-21-12(24)10(13(21)29-6-16)19-11(23)9(20-27-7(2)22)8-4-28-15(17)18-8;1-5(2,3)4/h3-4,10,13H,1,5-6H2,2H3,(H2,17,18)(H,19,23)(H,25,26);1H3,(H,2,3,4)/t10?,13-,16?;/m1./s1. The number of carboxylic acid groups (broad SMARTS) is 1. The van der Waals surface area contributed by atoms with Crippen LogP contribution in [0.3, 0.4) is 0 Å². The third-order valence-electron chi connectivity index (χ3n) is 4.45. The maximum Gasteiger partial charge on any atom is 0.332 e. The molecular formula is C17H21N5O9S3. The molecule has 1 aromatic heterocycles. The van der Waals surface area contributed by atoms with Crippen LogP contribution in [0.4, 0.5) is 5.13 Å². The number of nitrogens with one attached hydrogen (secondary N) is 1. The van der Waals surface area contributed by atoms with Crippen molar-refractivity contribution in [1.29, 1.82) is 0 Å². The Morgan fingerprint density at radius 3 is 2.56 bits per heavy atom. The highest BCUT2D eigenvalue weighted by Crippen LogP contribution is 2.42. The summed E-state index contributed by atoms with van der Waals surface area (Å²) in [5, 5.41) is 16.8. The summed E-state index contributed by atoms with van der Waals surface area (Å²) in [5.41, 5.74) is 4.15. The van der Waals surface area contributed by atoms with Crippen LogP contribution in [0, 0.1) is 5.41 Å². The second kappa shape index (κ2) is 10.5. The van der Waals surface area contributed by atoms with Gasteiger partial charge in [-0.3, -0.25) is 18.9 Å². The fourth-order valence-corrected chi connectivity index (χ4v) is 4.94. The van der Waals surface area contributed by atoms with E-state index < -0.39 is 50.7 Å². The van der Waals surface area contributed by atoms with Crippen molar-refractivity contribution in [2.75, 3.05) is 24.3 Å². The number of β-lactam (4-membered cyclic amide) rings is 1. The Morgan fingerprint density at radius 1 is 1.47 bits per heavy atom. The number of fused-ring (bicyclic) bond motifs is 1. The average Bonchev–Trinajstić information content (AvgIpc) is 3.15. The smallest absolute Gasteiger partial charge is 0.332 e. The predicted molar refractivity (Wildman–Crippen MR) is 122 cm³/mol. The van der Waals surface area contributed by atoms with Gasteiger partial charge in [0, 0.05) is 24.6 Å². The number of carbonyl (C=O) groups is 4. The van der Waals surface area contributed by atoms with Gasteiger partial charge in [0.25, 0.3) is 16.0 Å². The number of amides is 2. The zero-order valence-electron chi connectivity index (χ0n) is 17.8. The van der Waals surface area contributed by atoms with Gasteiger partial charge >= 0.3 is 11.9 Å². The zero-order valence-corrected chi connectivity index (χ0v) is 20.3. The molecule has 186 valence electrons. The summed E-state index contributed by atoms with van der Waals surface area (Å²) >= 11 is 2.30. The molecule has 0 saturated carbocycles. The van der Waals surface area contributed by atoms with Gasteiger partial charge in [0.05, 0.1) is 6.26 Å². The molecule has 2 aliphatic rings. The molecule has 3 rings (SSSR count). The molecular weight excluding hydrogens is 514 g/mol. The largest absolute Gasteiger partial charge is 0.481 e. The van der Waals surface area contributed by atoms with Gasteiger partial charge in [0.1, 0.15) is 22.5 Å². The Labute approximate surface area is 202 Å². The molecule has 5 N–H and O–H groups in total. The van der Waals surface area contributed by atoms with E-state index in [0.717, 1.165) is 18.3 Å². The number of hydrogen-bond donors (Lipinski definition) is 4. The average molecular weight is 536 g/mol. The van der Waals surface area contributed by atoms with Crippen molar-refractivity contribution in [2.45, 2.75) is 18.3 Å². The Kier molecular flexibility index (Phi) is 8.40. The first-order valence-electron chi connectivity index (χ1n) is 9.18. The van der Waals surface area contributed by atoms with E-state index in [1.54, 1.807) is 0 Å². The third-order valence-corrected chi connectivity index (χ3v) is 6.68. The SMILES string of the molecule is C=CC1(C(=O)O)CS[C@@H]2C(NC(=O)C(=NOC(C)=O)c3csc(N)n3)C(=O)N2C1.CS(=O)(=O)O. The number of thiazole rings is 1. The molecule has 34 heavy (non-hydrogen) atoms. The van der Waals surface area contributed by atoms with Gasteiger partial charge in [0.15, 0.2) is 10.8 Å². The molecule has 0 bridgehead atoms. The van der Waals surface area contributed by atoms with Gasteiger partial charge < -0.3 is 25.9 Å². The molecule has 0 aliphatic carbocycles. The lowest BCUT2D eigenvalue weighted by Gasteiger charge is -2.53. The van der Waals surface area contributed by atoms with Crippen molar-refractivity contribution in [3.05, 3.63) is 23.7 Å². The lowest BCUT2D eigenvalue weighted by molar-refractivity contribution is -0.156. The van der Waals surface area contributed by atoms with Crippen molar-refractivity contribution in [3.63, 3.8) is 0 Å². The molecule has 3 atom stereocenters. The van der Waals surface area contributed by atoms with Crippen LogP contribution >= 0.6 is 23.1 Å². The fraction of sp³-hybridized carbons (Fsp3) is 0.412. The number of hydrogen-bond acceptors (Lipinski definition) is 12. The van der Waals surface area contributed by atoms with Crippen LogP contribution in [0.5, 0.6) is 0 Å². The Bertz CT molecular complexity index is 1140. The molecule has 2 fully saturated rings. The molecule has 1 aromatic rings. The summed E-state index contributed by atoms with van der Waals surface area (Å²) in [6, 6.07) is -0.873. The topological polar surface area (TPSA) is 219 Å². The number of anilines is 1. The molecule has 2 amide bonds. The van der Waals surface area contributed by atoms with E-state index in [1.165, 1.54) is 28.1 Å². The number of nitrogens with two attached hydrogens (primary N) is 1. The van der Waals surface area contributed by atoms with Gasteiger partial charge in [-0.2, -0.15) is 8.42 Å². The van der Waals surface area contributed by atoms with E-state index in [9.17, 15) is 32.7 Å². The van der Waals surface area contributed by atoms with Crippen LogP contribution in [0.2, 0.25) is 0 Å². The number of aromatic nitrogens is 1. The van der Waals surface area contributed by atoms with E-state index in [-0.39, 0.29) is 28.8 Å². The number of thioether (sulfide) groups is 1. The first-order chi connectivity index (χ1) is 15.7. The number of carbonyl (C=O) groups excluding carboxylic acids is 3. The highest BCUT2D eigenvalue weighted by Gasteiger charge is 2.56. The number of aliphatic carboxylic acids is 1. The number of nitrogen functional groups attached to an aromatic ring is 1. The molecule has 3 heterocycles. The van der Waals surface area contributed by atoms with E-state index in [2.05, 4.69) is 26.9 Å². The first-order valence-corrected chi connectivity index (χ1v) is 13.0. The van der Waals surface area contributed by atoms with Gasteiger partial charge in [-0.1, -0.05) is 11.2 Å². The Hall–Kier alpha value is -3.02. The summed E-state index contributed by atoms with van der Waals surface area (Å²) in [6.07, 6.45) is 2.04. The van der Waals surface area contributed by atoms with Crippen molar-refractivity contribution in [2.24, 2.45) is 10.6 Å². The minimum absolute atomic E-state index is 0.0221. The molecule has 17 heteroatoms. The maximum atomic E-state index is 12.7. The van der Waals surface area contributed by atoms with Gasteiger partial charge in [-0.25, -0.2) is 9.78 Å². The Morgan fingerprint density at radius 2 is 2.09 bits per heavy atom. The molecule has 0 spiro atoms. The van der Waals surface area contributed by atoms with Gasteiger partial charge in [0.2, 0.25) is 5.91 Å². The van der Waals surface area contributed by atoms with E-state index in [4.69, 9.17) is 10.3 Å². The predicted octanol–water partition coefficient (Wildman–Crippen LogP) is -0.847. The van der Waals surface area contributed by atoms with Gasteiger partial charge in [-0.05, 0) is 0 Å². The Balaban J connectivity index is 0.000000739. The number of oxime groups is 1. The molecule has 2 aliphatic heterocycles. The fourth-order valence-electron chi connectivity index (χ4n) is 2.86. The van der Waals surface area contributed by atoms with Crippen molar-refractivity contribution < 1.29 is 42.1 Å². The quantitative estimate of drug-likeness (QED) is 0.0874. The molecule has 14 nitrogen and oxygen atoms in total. The second-order valence-corrected chi connectivity index (χ2v) is 10.6. The highest BCUT2D eigenvalue weighted by atomic mass is 32.2. The van der Waals surface area contributed by atoms with Crippen LogP contribution in [-0.4, -0.2) is 87.4 Å². The molecule has 2 saturated heterocycles. The van der Waals surface area contributed by atoms with E-state index in [1.807, 2.05) is 0 Å². The molecule has 0 aromatic carbocycles. The van der Waals surface area contributed by atoms with E-state index >= 15 is 0 Å². The molecule has 0 radical (unpaired) electrons. The summed E-state index contributed by atoms with van der Waals surface area (Å²) < 4.78 is 25.9. The summed E-state index contributed by atoms with van der Waals surface area (Å²) in [4.78, 5) is 57.7. The van der Waals surface area contributed by atoms with Crippen LogP contribution in [0.25, 0.3) is 0 Å². The third kappa shape index (κ3) is 6.52. The monoisotopic (exact) mass is 535 g/mol. The summed E-state index contributed by atoms with van der Waals surface area (Å²) in [6.45, 7) is 4.67. The summed E-state index contributed by atoms with van der Waals surface area (Å²) in [5.74, 6) is -2.78. The minimum atomic E-state index is -3.67. The normalized spacial score (nSPS) is 24.0. The van der Waals surface area contributed by atoms with Crippen molar-refractivity contribution in [1.82, 2.24) is 15.2 Å². The van der Waals surface area contributed by atoms with Gasteiger partial charge in [-0.15, -0.1) is 29.7 Å². The number of nitrogens with zero attached hydrogens (tertiary/aromatic N) is 3. The van der Waals surface area contributed by atoms with Crippen molar-refractivity contribution in [3.8, 4) is 0 Å². The lowest BCUT2D eigenvalue weighted by Crippen LogP contribution is -2.73. The highest BCUT2D eigenvalue weighted by molar-refractivity contribution is 8.00. The van der Waals surface area contributed by atoms with Crippen LogP contribution in [0.15, 0.2) is 23.2 Å². The van der Waals surface area contributed by atoms with Crippen LogP contribution < -0.4 is 11.1 Å². The van der Waals surface area contributed by atoms with E-state index in [0.29, 0.717) is 6.26 Å². The number of rotatable bonds is 6. The zero-order chi connectivity index (χ0) is 25.8. The second-order valence-electron chi connectivity index (χ2n) is 7.11. The van der Waals surface area contributed by atoms with Crippen molar-refractivity contribution >= 4 is 67.8 Å².